The molecule has 0 aliphatic heterocycles. The van der Waals surface area contributed by atoms with Crippen molar-refractivity contribution < 1.29 is 0 Å². The molecule has 0 spiro atoms. The van der Waals surface area contributed by atoms with Crippen molar-refractivity contribution in [2.45, 2.75) is 6.92 Å². The molecule has 0 atom stereocenters. The number of aromatic nitrogens is 1. The van der Waals surface area contributed by atoms with Crippen molar-refractivity contribution in [1.82, 2.24) is 4.98 Å². The van der Waals surface area contributed by atoms with Gasteiger partial charge in [0.15, 0.2) is 5.69 Å². The average Bonchev–Trinajstić information content (AvgIpc) is 2.17. The van der Waals surface area contributed by atoms with Crippen LogP contribution in [0.1, 0.15) is 11.4 Å². The number of aryl methyl sites for hydroxylation is 1. The molecule has 14 heavy (non-hydrogen) atoms. The number of hydrogen-bond donors (Lipinski definition) is 2. The minimum absolute atomic E-state index is 0.263. The summed E-state index contributed by atoms with van der Waals surface area (Å²) in [5.41, 5.74) is 1.60. The number of nitriles is 1. The van der Waals surface area contributed by atoms with E-state index in [0.29, 0.717) is 5.69 Å². The smallest absolute Gasteiger partial charge is 0.165 e. The van der Waals surface area contributed by atoms with Crippen molar-refractivity contribution >= 4 is 11.9 Å². The SMILES string of the molecule is Cc1ccc(N(N)CC=N)c(C#N)n1. The fraction of sp³-hybridized carbons (Fsp3) is 0.222. The lowest BCUT2D eigenvalue weighted by molar-refractivity contribution is 0.950. The molecule has 1 aromatic heterocycles. The number of nitrogens with zero attached hydrogens (tertiary/aromatic N) is 3. The van der Waals surface area contributed by atoms with Gasteiger partial charge in [-0.15, -0.1) is 0 Å². The molecular formula is C9H11N5. The summed E-state index contributed by atoms with van der Waals surface area (Å²) in [4.78, 5) is 4.04. The molecule has 0 aliphatic rings. The van der Waals surface area contributed by atoms with Gasteiger partial charge >= 0.3 is 0 Å². The van der Waals surface area contributed by atoms with Crippen molar-refractivity contribution in [3.63, 3.8) is 0 Å². The Morgan fingerprint density at radius 2 is 2.43 bits per heavy atom. The predicted octanol–water partition coefficient (Wildman–Crippen LogP) is 0.591. The molecule has 0 saturated carbocycles. The number of anilines is 1. The summed E-state index contributed by atoms with van der Waals surface area (Å²) in [6.07, 6.45) is 1.17. The van der Waals surface area contributed by atoms with Gasteiger partial charge in [-0.2, -0.15) is 5.26 Å². The molecule has 0 radical (unpaired) electrons. The van der Waals surface area contributed by atoms with Crippen molar-refractivity contribution in [1.29, 1.82) is 10.7 Å². The van der Waals surface area contributed by atoms with E-state index in [2.05, 4.69) is 4.98 Å². The monoisotopic (exact) mass is 189 g/mol. The molecule has 5 nitrogen and oxygen atoms in total. The van der Waals surface area contributed by atoms with Crippen molar-refractivity contribution in [3.8, 4) is 6.07 Å². The Morgan fingerprint density at radius 3 is 3.00 bits per heavy atom. The van der Waals surface area contributed by atoms with E-state index in [1.807, 2.05) is 13.0 Å². The minimum atomic E-state index is 0.263. The van der Waals surface area contributed by atoms with E-state index >= 15 is 0 Å². The van der Waals surface area contributed by atoms with Gasteiger partial charge < -0.3 is 10.4 Å². The second-order valence-corrected chi connectivity index (χ2v) is 2.79. The molecular weight excluding hydrogens is 178 g/mol. The fourth-order valence-corrected chi connectivity index (χ4v) is 1.06. The molecule has 0 unspecified atom stereocenters. The Kier molecular flexibility index (Phi) is 3.15. The van der Waals surface area contributed by atoms with Crippen LogP contribution >= 0.6 is 0 Å². The zero-order valence-corrected chi connectivity index (χ0v) is 7.86. The summed E-state index contributed by atoms with van der Waals surface area (Å²) < 4.78 is 0. The van der Waals surface area contributed by atoms with E-state index in [1.54, 1.807) is 12.1 Å². The maximum atomic E-state index is 8.81. The van der Waals surface area contributed by atoms with Gasteiger partial charge in [-0.25, -0.2) is 10.8 Å². The first kappa shape index (κ1) is 10.2. The van der Waals surface area contributed by atoms with Crippen LogP contribution in [0.3, 0.4) is 0 Å². The highest BCUT2D eigenvalue weighted by atomic mass is 15.4. The molecule has 0 amide bonds. The van der Waals surface area contributed by atoms with Gasteiger partial charge in [0.2, 0.25) is 0 Å². The third kappa shape index (κ3) is 2.06. The van der Waals surface area contributed by atoms with Crippen LogP contribution in [-0.4, -0.2) is 17.7 Å². The number of pyridine rings is 1. The van der Waals surface area contributed by atoms with Crippen LogP contribution in [0.5, 0.6) is 0 Å². The van der Waals surface area contributed by atoms with Crippen LogP contribution in [0.4, 0.5) is 5.69 Å². The third-order valence-corrected chi connectivity index (χ3v) is 1.72. The number of hydrogen-bond acceptors (Lipinski definition) is 5. The Balaban J connectivity index is 3.08. The highest BCUT2D eigenvalue weighted by Crippen LogP contribution is 2.15. The Hall–Kier alpha value is -1.93. The Morgan fingerprint density at radius 1 is 1.71 bits per heavy atom. The molecule has 1 heterocycles. The summed E-state index contributed by atoms with van der Waals surface area (Å²) in [7, 11) is 0. The topological polar surface area (TPSA) is 89.8 Å². The predicted molar refractivity (Wildman–Crippen MR) is 54.0 cm³/mol. The van der Waals surface area contributed by atoms with Crippen molar-refractivity contribution in [2.75, 3.05) is 11.6 Å². The molecule has 72 valence electrons. The molecule has 5 heteroatoms. The second-order valence-electron chi connectivity index (χ2n) is 2.79. The largest absolute Gasteiger partial charge is 0.311 e. The lowest BCUT2D eigenvalue weighted by Gasteiger charge is -2.16. The van der Waals surface area contributed by atoms with Crippen LogP contribution in [0.25, 0.3) is 0 Å². The van der Waals surface area contributed by atoms with Crippen LogP contribution in [-0.2, 0) is 0 Å². The molecule has 0 fully saturated rings. The van der Waals surface area contributed by atoms with Gasteiger partial charge in [0.05, 0.1) is 12.2 Å². The van der Waals surface area contributed by atoms with E-state index in [1.165, 1.54) is 11.2 Å². The summed E-state index contributed by atoms with van der Waals surface area (Å²) >= 11 is 0. The molecule has 0 aromatic carbocycles. The maximum absolute atomic E-state index is 8.81. The second kappa shape index (κ2) is 4.35. The van der Waals surface area contributed by atoms with E-state index in [-0.39, 0.29) is 12.2 Å². The van der Waals surface area contributed by atoms with Crippen molar-refractivity contribution in [3.05, 3.63) is 23.5 Å². The van der Waals surface area contributed by atoms with E-state index < -0.39 is 0 Å². The highest BCUT2D eigenvalue weighted by molar-refractivity contribution is 5.65. The van der Waals surface area contributed by atoms with Crippen LogP contribution in [0.15, 0.2) is 12.1 Å². The third-order valence-electron chi connectivity index (χ3n) is 1.72. The quantitative estimate of drug-likeness (QED) is 0.413. The normalized spacial score (nSPS) is 9.21. The van der Waals surface area contributed by atoms with E-state index in [4.69, 9.17) is 16.5 Å². The molecule has 1 aromatic rings. The van der Waals surface area contributed by atoms with Gasteiger partial charge in [-0.05, 0) is 19.1 Å². The van der Waals surface area contributed by atoms with Crippen molar-refractivity contribution in [2.24, 2.45) is 5.84 Å². The number of nitrogens with one attached hydrogen (secondary N) is 1. The number of nitrogens with two attached hydrogens (primary N) is 1. The van der Waals surface area contributed by atoms with Gasteiger partial charge in [-0.3, -0.25) is 0 Å². The van der Waals surface area contributed by atoms with Gasteiger partial charge in [0.25, 0.3) is 0 Å². The van der Waals surface area contributed by atoms with Crippen LogP contribution in [0.2, 0.25) is 0 Å². The molecule has 0 aliphatic carbocycles. The highest BCUT2D eigenvalue weighted by Gasteiger charge is 2.07. The first-order valence-electron chi connectivity index (χ1n) is 4.08. The molecule has 0 bridgehead atoms. The molecule has 0 saturated heterocycles. The van der Waals surface area contributed by atoms with E-state index in [0.717, 1.165) is 5.69 Å². The first-order chi connectivity index (χ1) is 6.69. The van der Waals surface area contributed by atoms with Gasteiger partial charge in [-0.1, -0.05) is 0 Å². The fourth-order valence-electron chi connectivity index (χ4n) is 1.06. The first-order valence-corrected chi connectivity index (χ1v) is 4.08. The van der Waals surface area contributed by atoms with Gasteiger partial charge in [0.1, 0.15) is 6.07 Å². The Bertz CT molecular complexity index is 379. The van der Waals surface area contributed by atoms with Crippen LogP contribution in [0, 0.1) is 23.7 Å². The molecule has 1 rings (SSSR count). The maximum Gasteiger partial charge on any atom is 0.165 e. The standard InChI is InChI=1S/C9H11N5/c1-7-2-3-9(8(6-11)13-7)14(12)5-4-10/h2-4,10H,5,12H2,1H3. The van der Waals surface area contributed by atoms with E-state index in [9.17, 15) is 0 Å². The Labute approximate surface area is 82.3 Å². The molecule has 3 N–H and O–H groups in total. The lowest BCUT2D eigenvalue weighted by Crippen LogP contribution is -2.33. The summed E-state index contributed by atoms with van der Waals surface area (Å²) in [5.74, 6) is 5.62. The summed E-state index contributed by atoms with van der Waals surface area (Å²) in [6.45, 7) is 2.07. The average molecular weight is 189 g/mol. The number of rotatable bonds is 3. The zero-order valence-electron chi connectivity index (χ0n) is 7.86. The van der Waals surface area contributed by atoms with Crippen LogP contribution < -0.4 is 10.9 Å². The zero-order chi connectivity index (χ0) is 10.6. The number of hydrazine groups is 1. The lowest BCUT2D eigenvalue weighted by atomic mass is 10.2. The summed E-state index contributed by atoms with van der Waals surface area (Å²) in [6, 6.07) is 5.47. The summed E-state index contributed by atoms with van der Waals surface area (Å²) in [5, 5.41) is 17.0. The minimum Gasteiger partial charge on any atom is -0.311 e. The van der Waals surface area contributed by atoms with Gasteiger partial charge in [0, 0.05) is 11.9 Å².